The molecular formula is C10H13O3S. The minimum absolute atomic E-state index is 0.136. The highest BCUT2D eigenvalue weighted by molar-refractivity contribution is 7.86. The topological polar surface area (TPSA) is 43.4 Å². The van der Waals surface area contributed by atoms with Crippen LogP contribution in [0.2, 0.25) is 0 Å². The predicted octanol–water partition coefficient (Wildman–Crippen LogP) is 2.01. The summed E-state index contributed by atoms with van der Waals surface area (Å²) in [4.78, 5) is 0.196. The Hall–Kier alpha value is -0.870. The van der Waals surface area contributed by atoms with Crippen molar-refractivity contribution < 1.29 is 12.6 Å². The standard InChI is InChI=1S/C10H13O3S/c1-9(2)8-13-14(11,12)10-6-4-3-5-7-10/h3-7H,8H2,1-2H3. The molecule has 1 aromatic rings. The van der Waals surface area contributed by atoms with Crippen LogP contribution in [0, 0.1) is 5.92 Å². The van der Waals surface area contributed by atoms with E-state index in [2.05, 4.69) is 0 Å². The fourth-order valence-corrected chi connectivity index (χ4v) is 1.87. The van der Waals surface area contributed by atoms with Crippen LogP contribution in [0.1, 0.15) is 13.8 Å². The summed E-state index contributed by atoms with van der Waals surface area (Å²) in [6.07, 6.45) is 0. The van der Waals surface area contributed by atoms with E-state index in [-0.39, 0.29) is 11.5 Å². The van der Waals surface area contributed by atoms with E-state index in [0.717, 1.165) is 5.92 Å². The molecule has 0 heterocycles. The van der Waals surface area contributed by atoms with E-state index in [0.29, 0.717) is 0 Å². The highest BCUT2D eigenvalue weighted by atomic mass is 32.2. The monoisotopic (exact) mass is 213 g/mol. The molecule has 0 saturated heterocycles. The zero-order chi connectivity index (χ0) is 10.6. The van der Waals surface area contributed by atoms with Gasteiger partial charge in [0.15, 0.2) is 0 Å². The van der Waals surface area contributed by atoms with Gasteiger partial charge in [-0.2, -0.15) is 8.42 Å². The fraction of sp³-hybridized carbons (Fsp3) is 0.300. The lowest BCUT2D eigenvalue weighted by molar-refractivity contribution is 0.331. The molecule has 0 saturated carbocycles. The van der Waals surface area contributed by atoms with Gasteiger partial charge >= 0.3 is 0 Å². The predicted molar refractivity (Wildman–Crippen MR) is 54.2 cm³/mol. The second-order valence-corrected chi connectivity index (χ2v) is 4.85. The van der Waals surface area contributed by atoms with Gasteiger partial charge in [-0.05, 0) is 18.1 Å². The molecule has 0 aliphatic heterocycles. The van der Waals surface area contributed by atoms with Crippen LogP contribution >= 0.6 is 0 Å². The first kappa shape index (κ1) is 11.2. The molecule has 3 nitrogen and oxygen atoms in total. The van der Waals surface area contributed by atoms with Crippen molar-refractivity contribution in [1.29, 1.82) is 0 Å². The maximum atomic E-state index is 11.5. The molecule has 1 rings (SSSR count). The van der Waals surface area contributed by atoms with Gasteiger partial charge < -0.3 is 0 Å². The van der Waals surface area contributed by atoms with Gasteiger partial charge in [-0.25, -0.2) is 0 Å². The average Bonchev–Trinajstić information content (AvgIpc) is 2.16. The van der Waals surface area contributed by atoms with Crippen LogP contribution in [0.5, 0.6) is 0 Å². The molecule has 0 aliphatic carbocycles. The number of hydrogen-bond acceptors (Lipinski definition) is 3. The molecule has 4 heteroatoms. The lowest BCUT2D eigenvalue weighted by Crippen LogP contribution is -2.09. The van der Waals surface area contributed by atoms with Gasteiger partial charge in [0.25, 0.3) is 10.1 Å². The number of hydrogen-bond donors (Lipinski definition) is 0. The maximum absolute atomic E-state index is 11.5. The average molecular weight is 213 g/mol. The van der Waals surface area contributed by atoms with Crippen LogP contribution < -0.4 is 0 Å². The minimum atomic E-state index is -3.58. The van der Waals surface area contributed by atoms with E-state index < -0.39 is 10.1 Å². The van der Waals surface area contributed by atoms with E-state index in [4.69, 9.17) is 4.18 Å². The van der Waals surface area contributed by atoms with Crippen molar-refractivity contribution in [2.24, 2.45) is 0 Å². The maximum Gasteiger partial charge on any atom is 0.296 e. The van der Waals surface area contributed by atoms with Crippen LogP contribution in [0.15, 0.2) is 35.2 Å². The molecule has 1 aromatic carbocycles. The summed E-state index contributed by atoms with van der Waals surface area (Å²) in [5.74, 6) is 0.921. The molecular weight excluding hydrogens is 200 g/mol. The zero-order valence-corrected chi connectivity index (χ0v) is 9.04. The molecule has 0 aromatic heterocycles. The summed E-state index contributed by atoms with van der Waals surface area (Å²) in [5.41, 5.74) is 0. The Kier molecular flexibility index (Phi) is 3.66. The Morgan fingerprint density at radius 1 is 1.21 bits per heavy atom. The van der Waals surface area contributed by atoms with Crippen molar-refractivity contribution in [3.05, 3.63) is 36.2 Å². The summed E-state index contributed by atoms with van der Waals surface area (Å²) < 4.78 is 27.8. The Labute approximate surface area is 84.8 Å². The van der Waals surface area contributed by atoms with E-state index in [1.54, 1.807) is 18.2 Å². The molecule has 0 atom stereocenters. The molecule has 0 amide bonds. The third-order valence-electron chi connectivity index (χ3n) is 1.53. The molecule has 0 unspecified atom stereocenters. The largest absolute Gasteiger partial charge is 0.296 e. The second kappa shape index (κ2) is 4.57. The van der Waals surface area contributed by atoms with E-state index >= 15 is 0 Å². The van der Waals surface area contributed by atoms with Gasteiger partial charge in [0.05, 0.1) is 11.5 Å². The summed E-state index contributed by atoms with van der Waals surface area (Å²) in [6, 6.07) is 8.12. The Morgan fingerprint density at radius 2 is 1.79 bits per heavy atom. The highest BCUT2D eigenvalue weighted by Crippen LogP contribution is 2.12. The van der Waals surface area contributed by atoms with Crippen LogP contribution in [0.3, 0.4) is 0 Å². The molecule has 0 spiro atoms. The van der Waals surface area contributed by atoms with Crippen LogP contribution in [0.4, 0.5) is 0 Å². The fourth-order valence-electron chi connectivity index (χ4n) is 0.851. The summed E-state index contributed by atoms with van der Waals surface area (Å²) in [6.45, 7) is 3.78. The third kappa shape index (κ3) is 3.12. The van der Waals surface area contributed by atoms with Gasteiger partial charge in [0, 0.05) is 0 Å². The van der Waals surface area contributed by atoms with Gasteiger partial charge in [-0.3, -0.25) is 4.18 Å². The van der Waals surface area contributed by atoms with Crippen molar-refractivity contribution in [2.45, 2.75) is 18.7 Å². The second-order valence-electron chi connectivity index (χ2n) is 3.24. The van der Waals surface area contributed by atoms with Crippen molar-refractivity contribution in [3.63, 3.8) is 0 Å². The van der Waals surface area contributed by atoms with Crippen molar-refractivity contribution in [3.8, 4) is 0 Å². The van der Waals surface area contributed by atoms with Gasteiger partial charge in [0.2, 0.25) is 0 Å². The smallest absolute Gasteiger partial charge is 0.266 e. The lowest BCUT2D eigenvalue weighted by Gasteiger charge is -2.06. The molecule has 0 N–H and O–H groups in total. The minimum Gasteiger partial charge on any atom is -0.266 e. The molecule has 0 aliphatic rings. The van der Waals surface area contributed by atoms with Crippen molar-refractivity contribution in [2.75, 3.05) is 6.61 Å². The Morgan fingerprint density at radius 3 is 2.29 bits per heavy atom. The molecule has 14 heavy (non-hydrogen) atoms. The van der Waals surface area contributed by atoms with E-state index in [1.807, 2.05) is 13.8 Å². The Bertz CT molecular complexity index is 368. The first-order chi connectivity index (χ1) is 6.52. The molecule has 0 bridgehead atoms. The van der Waals surface area contributed by atoms with Crippen molar-refractivity contribution >= 4 is 10.1 Å². The summed E-state index contributed by atoms with van der Waals surface area (Å²) in [5, 5.41) is 0. The highest BCUT2D eigenvalue weighted by Gasteiger charge is 2.14. The molecule has 1 radical (unpaired) electrons. The third-order valence-corrected chi connectivity index (χ3v) is 2.81. The summed E-state index contributed by atoms with van der Waals surface area (Å²) >= 11 is 0. The normalized spacial score (nSPS) is 11.9. The lowest BCUT2D eigenvalue weighted by atomic mass is 10.2. The van der Waals surface area contributed by atoms with Gasteiger partial charge in [0.1, 0.15) is 0 Å². The summed E-state index contributed by atoms with van der Waals surface area (Å²) in [7, 11) is -3.58. The van der Waals surface area contributed by atoms with E-state index in [1.165, 1.54) is 12.1 Å². The van der Waals surface area contributed by atoms with Gasteiger partial charge in [-0.1, -0.05) is 32.0 Å². The number of benzene rings is 1. The first-order valence-electron chi connectivity index (χ1n) is 4.26. The first-order valence-corrected chi connectivity index (χ1v) is 5.67. The quantitative estimate of drug-likeness (QED) is 0.718. The SMILES string of the molecule is C[C](C)COS(=O)(=O)c1ccccc1. The van der Waals surface area contributed by atoms with Gasteiger partial charge in [-0.15, -0.1) is 0 Å². The van der Waals surface area contributed by atoms with Crippen LogP contribution in [-0.2, 0) is 14.3 Å². The molecule has 0 fully saturated rings. The number of rotatable bonds is 4. The van der Waals surface area contributed by atoms with E-state index in [9.17, 15) is 8.42 Å². The Balaban J connectivity index is 2.77. The zero-order valence-electron chi connectivity index (χ0n) is 8.23. The van der Waals surface area contributed by atoms with Crippen LogP contribution in [-0.4, -0.2) is 15.0 Å². The van der Waals surface area contributed by atoms with Crippen LogP contribution in [0.25, 0.3) is 0 Å². The molecule has 77 valence electrons. The van der Waals surface area contributed by atoms with Crippen molar-refractivity contribution in [1.82, 2.24) is 0 Å².